The highest BCUT2D eigenvalue weighted by molar-refractivity contribution is 6.35. The Labute approximate surface area is 119 Å². The predicted molar refractivity (Wildman–Crippen MR) is 75.5 cm³/mol. The Balaban J connectivity index is 2.03. The van der Waals surface area contributed by atoms with Crippen LogP contribution in [0.2, 0.25) is 10.0 Å². The van der Waals surface area contributed by atoms with E-state index in [-0.39, 0.29) is 0 Å². The number of ether oxygens (including phenoxy) is 1. The number of quaternary nitrogens is 1. The monoisotopic (exact) mass is 288 g/mol. The van der Waals surface area contributed by atoms with Gasteiger partial charge in [0.1, 0.15) is 12.3 Å². The molecule has 1 aromatic rings. The second kappa shape index (κ2) is 6.65. The summed E-state index contributed by atoms with van der Waals surface area (Å²) in [7, 11) is 1.65. The van der Waals surface area contributed by atoms with Crippen LogP contribution in [0.15, 0.2) is 12.1 Å². The molecule has 0 heterocycles. The largest absolute Gasteiger partial charge is 0.495 e. The van der Waals surface area contributed by atoms with Gasteiger partial charge < -0.3 is 10.1 Å². The average molecular weight is 289 g/mol. The van der Waals surface area contributed by atoms with E-state index in [1.165, 1.54) is 32.1 Å². The van der Waals surface area contributed by atoms with Crippen LogP contribution in [-0.4, -0.2) is 13.2 Å². The van der Waals surface area contributed by atoms with Crippen molar-refractivity contribution in [3.63, 3.8) is 0 Å². The third kappa shape index (κ3) is 3.53. The molecule has 1 fully saturated rings. The minimum atomic E-state index is 0.594. The molecule has 0 amide bonds. The van der Waals surface area contributed by atoms with E-state index < -0.39 is 0 Å². The highest BCUT2D eigenvalue weighted by Crippen LogP contribution is 2.31. The van der Waals surface area contributed by atoms with Crippen molar-refractivity contribution in [2.75, 3.05) is 7.11 Å². The number of nitrogens with two attached hydrogens (primary N) is 1. The second-order valence-electron chi connectivity index (χ2n) is 4.92. The topological polar surface area (TPSA) is 25.8 Å². The van der Waals surface area contributed by atoms with E-state index in [1.54, 1.807) is 13.2 Å². The molecule has 2 rings (SSSR count). The van der Waals surface area contributed by atoms with Gasteiger partial charge in [0.05, 0.1) is 23.7 Å². The molecule has 1 aliphatic carbocycles. The van der Waals surface area contributed by atoms with Gasteiger partial charge in [-0.15, -0.1) is 0 Å². The van der Waals surface area contributed by atoms with Gasteiger partial charge in [-0.05, 0) is 37.8 Å². The van der Waals surface area contributed by atoms with Crippen molar-refractivity contribution in [3.8, 4) is 5.75 Å². The lowest BCUT2D eigenvalue weighted by Gasteiger charge is -2.20. The van der Waals surface area contributed by atoms with Crippen LogP contribution >= 0.6 is 23.2 Å². The summed E-state index contributed by atoms with van der Waals surface area (Å²) in [4.78, 5) is 0. The zero-order valence-electron chi connectivity index (χ0n) is 10.7. The maximum atomic E-state index is 6.13. The van der Waals surface area contributed by atoms with Crippen molar-refractivity contribution in [2.45, 2.75) is 44.7 Å². The fourth-order valence-electron chi connectivity index (χ4n) is 2.66. The number of halogens is 2. The first-order valence-corrected chi connectivity index (χ1v) is 7.31. The van der Waals surface area contributed by atoms with E-state index in [4.69, 9.17) is 27.9 Å². The summed E-state index contributed by atoms with van der Waals surface area (Å²) >= 11 is 12.2. The van der Waals surface area contributed by atoms with Crippen molar-refractivity contribution in [1.29, 1.82) is 0 Å². The van der Waals surface area contributed by atoms with E-state index in [0.717, 1.165) is 23.9 Å². The molecule has 2 N–H and O–H groups in total. The van der Waals surface area contributed by atoms with Crippen LogP contribution in [0, 0.1) is 0 Å². The van der Waals surface area contributed by atoms with Gasteiger partial charge in [0.15, 0.2) is 0 Å². The molecule has 0 aliphatic heterocycles. The summed E-state index contributed by atoms with van der Waals surface area (Å²) in [6.07, 6.45) is 6.73. The molecule has 18 heavy (non-hydrogen) atoms. The van der Waals surface area contributed by atoms with Crippen LogP contribution < -0.4 is 10.1 Å². The van der Waals surface area contributed by atoms with Gasteiger partial charge in [-0.3, -0.25) is 0 Å². The average Bonchev–Trinajstić information content (AvgIpc) is 2.37. The van der Waals surface area contributed by atoms with E-state index in [0.29, 0.717) is 10.0 Å². The smallest absolute Gasteiger partial charge is 0.146 e. The molecule has 0 unspecified atom stereocenters. The lowest BCUT2D eigenvalue weighted by atomic mass is 9.95. The molecule has 0 bridgehead atoms. The Morgan fingerprint density at radius 1 is 1.22 bits per heavy atom. The molecule has 0 spiro atoms. The summed E-state index contributed by atoms with van der Waals surface area (Å²) in [6, 6.07) is 4.42. The molecule has 100 valence electrons. The van der Waals surface area contributed by atoms with Gasteiger partial charge in [-0.25, -0.2) is 0 Å². The highest BCUT2D eigenvalue weighted by atomic mass is 35.5. The van der Waals surface area contributed by atoms with Crippen molar-refractivity contribution < 1.29 is 10.1 Å². The van der Waals surface area contributed by atoms with Crippen molar-refractivity contribution in [2.24, 2.45) is 0 Å². The highest BCUT2D eigenvalue weighted by Gasteiger charge is 2.18. The van der Waals surface area contributed by atoms with E-state index in [2.05, 4.69) is 5.32 Å². The molecule has 4 heteroatoms. The van der Waals surface area contributed by atoms with Crippen LogP contribution in [-0.2, 0) is 6.54 Å². The lowest BCUT2D eigenvalue weighted by Crippen LogP contribution is -2.88. The molecule has 1 aliphatic rings. The second-order valence-corrected chi connectivity index (χ2v) is 5.76. The fraction of sp³-hybridized carbons (Fsp3) is 0.571. The molecule has 0 aromatic heterocycles. The normalized spacial score (nSPS) is 16.8. The van der Waals surface area contributed by atoms with Gasteiger partial charge in [-0.1, -0.05) is 29.6 Å². The zero-order valence-corrected chi connectivity index (χ0v) is 12.2. The number of benzene rings is 1. The maximum absolute atomic E-state index is 6.13. The molecule has 0 saturated heterocycles. The van der Waals surface area contributed by atoms with Crippen molar-refractivity contribution >= 4 is 23.2 Å². The molecule has 1 aromatic carbocycles. The summed E-state index contributed by atoms with van der Waals surface area (Å²) in [6.45, 7) is 0.883. The van der Waals surface area contributed by atoms with E-state index in [9.17, 15) is 0 Å². The summed E-state index contributed by atoms with van der Waals surface area (Å²) < 4.78 is 5.36. The van der Waals surface area contributed by atoms with Crippen LogP contribution in [0.1, 0.15) is 37.7 Å². The zero-order chi connectivity index (χ0) is 13.0. The summed E-state index contributed by atoms with van der Waals surface area (Å²) in [5.74, 6) is 0.758. The van der Waals surface area contributed by atoms with Gasteiger partial charge in [0, 0.05) is 5.02 Å². The third-order valence-electron chi connectivity index (χ3n) is 3.61. The van der Waals surface area contributed by atoms with Crippen LogP contribution in [0.4, 0.5) is 0 Å². The summed E-state index contributed by atoms with van der Waals surface area (Å²) in [5, 5.41) is 3.66. The Kier molecular flexibility index (Phi) is 5.16. The fourth-order valence-corrected chi connectivity index (χ4v) is 3.27. The van der Waals surface area contributed by atoms with Gasteiger partial charge >= 0.3 is 0 Å². The van der Waals surface area contributed by atoms with Crippen LogP contribution in [0.5, 0.6) is 5.75 Å². The van der Waals surface area contributed by atoms with Crippen LogP contribution in [0.25, 0.3) is 0 Å². The Morgan fingerprint density at radius 2 is 1.94 bits per heavy atom. The van der Waals surface area contributed by atoms with Gasteiger partial charge in [0.25, 0.3) is 0 Å². The first-order valence-electron chi connectivity index (χ1n) is 6.56. The number of hydrogen-bond acceptors (Lipinski definition) is 1. The first-order chi connectivity index (χ1) is 8.70. The number of hydrogen-bond donors (Lipinski definition) is 1. The standard InChI is InChI=1S/C14H19Cl2NO/c1-18-14-10(7-11(15)8-13(14)16)9-17-12-5-3-2-4-6-12/h7-8,12,17H,2-6,9H2,1H3/p+1. The Hall–Kier alpha value is -0.440. The molecule has 0 atom stereocenters. The minimum Gasteiger partial charge on any atom is -0.495 e. The Morgan fingerprint density at radius 3 is 2.61 bits per heavy atom. The number of rotatable bonds is 4. The van der Waals surface area contributed by atoms with E-state index in [1.807, 2.05) is 6.07 Å². The molecular weight excluding hydrogens is 269 g/mol. The first kappa shape index (κ1) is 14.0. The van der Waals surface area contributed by atoms with E-state index >= 15 is 0 Å². The predicted octanol–water partition coefficient (Wildman–Crippen LogP) is 3.40. The van der Waals surface area contributed by atoms with Crippen molar-refractivity contribution in [3.05, 3.63) is 27.7 Å². The van der Waals surface area contributed by atoms with Crippen molar-refractivity contribution in [1.82, 2.24) is 0 Å². The molecule has 0 radical (unpaired) electrons. The van der Waals surface area contributed by atoms with Crippen LogP contribution in [0.3, 0.4) is 0 Å². The van der Waals surface area contributed by atoms with Gasteiger partial charge in [-0.2, -0.15) is 0 Å². The minimum absolute atomic E-state index is 0.594. The molecule has 2 nitrogen and oxygen atoms in total. The lowest BCUT2D eigenvalue weighted by molar-refractivity contribution is -0.706. The number of methoxy groups -OCH3 is 1. The Bertz CT molecular complexity index is 403. The van der Waals surface area contributed by atoms with Gasteiger partial charge in [0.2, 0.25) is 0 Å². The molecule has 1 saturated carbocycles. The third-order valence-corrected chi connectivity index (χ3v) is 4.11. The maximum Gasteiger partial charge on any atom is 0.146 e. The SMILES string of the molecule is COc1c(Cl)cc(Cl)cc1C[NH2+]C1CCCCC1. The quantitative estimate of drug-likeness (QED) is 0.903. The molecular formula is C14H20Cl2NO+. The summed E-state index contributed by atoms with van der Waals surface area (Å²) in [5.41, 5.74) is 1.08.